The molecule has 106 valence electrons. The Morgan fingerprint density at radius 1 is 1.32 bits per heavy atom. The first-order valence-electron chi connectivity index (χ1n) is 7.64. The summed E-state index contributed by atoms with van der Waals surface area (Å²) < 4.78 is 0. The molecule has 1 aliphatic rings. The summed E-state index contributed by atoms with van der Waals surface area (Å²) >= 11 is 0. The van der Waals surface area contributed by atoms with E-state index in [9.17, 15) is 0 Å². The average Bonchev–Trinajstić information content (AvgIpc) is 2.40. The minimum Gasteiger partial charge on any atom is -0.324 e. The second kappa shape index (κ2) is 6.53. The molecule has 1 aliphatic heterocycles. The molecule has 0 aromatic heterocycles. The molecule has 1 fully saturated rings. The zero-order chi connectivity index (χ0) is 13.8. The van der Waals surface area contributed by atoms with E-state index in [-0.39, 0.29) is 6.04 Å². The second-order valence-corrected chi connectivity index (χ2v) is 6.15. The fourth-order valence-electron chi connectivity index (χ4n) is 3.20. The lowest BCUT2D eigenvalue weighted by Gasteiger charge is -2.38. The smallest absolute Gasteiger partial charge is 0.0309 e. The number of benzene rings is 1. The number of likely N-dealkylation sites (tertiary alicyclic amines) is 1. The van der Waals surface area contributed by atoms with Crippen molar-refractivity contribution >= 4 is 0 Å². The van der Waals surface area contributed by atoms with E-state index >= 15 is 0 Å². The molecule has 0 radical (unpaired) electrons. The number of piperidine rings is 1. The Balaban J connectivity index is 1.90. The van der Waals surface area contributed by atoms with Gasteiger partial charge in [0, 0.05) is 18.6 Å². The first-order valence-corrected chi connectivity index (χ1v) is 7.64. The molecule has 2 N–H and O–H groups in total. The summed E-state index contributed by atoms with van der Waals surface area (Å²) in [4.78, 5) is 2.62. The molecule has 2 heteroatoms. The zero-order valence-corrected chi connectivity index (χ0v) is 12.6. The van der Waals surface area contributed by atoms with Gasteiger partial charge in [-0.05, 0) is 56.7 Å². The standard InChI is InChI=1S/C17H28N2/c1-13-8-6-11-19(15(13)3)12-10-17(18)16-9-5-4-7-14(16)2/h4-5,7,9,13,15,17H,6,8,10-12,18H2,1-3H3. The van der Waals surface area contributed by atoms with E-state index in [1.807, 2.05) is 0 Å². The lowest BCUT2D eigenvalue weighted by atomic mass is 9.91. The fraction of sp³-hybridized carbons (Fsp3) is 0.647. The number of hydrogen-bond donors (Lipinski definition) is 1. The van der Waals surface area contributed by atoms with Crippen molar-refractivity contribution in [2.24, 2.45) is 11.7 Å². The summed E-state index contributed by atoms with van der Waals surface area (Å²) in [5.74, 6) is 0.823. The van der Waals surface area contributed by atoms with Crippen molar-refractivity contribution in [1.82, 2.24) is 4.90 Å². The molecule has 0 spiro atoms. The van der Waals surface area contributed by atoms with Crippen LogP contribution < -0.4 is 5.73 Å². The summed E-state index contributed by atoms with van der Waals surface area (Å²) in [7, 11) is 0. The van der Waals surface area contributed by atoms with Gasteiger partial charge in [0.15, 0.2) is 0 Å². The predicted molar refractivity (Wildman–Crippen MR) is 82.2 cm³/mol. The normalized spacial score (nSPS) is 26.3. The quantitative estimate of drug-likeness (QED) is 0.897. The van der Waals surface area contributed by atoms with E-state index in [1.165, 1.54) is 30.5 Å². The predicted octanol–water partition coefficient (Wildman–Crippen LogP) is 3.51. The molecule has 3 atom stereocenters. The van der Waals surface area contributed by atoms with Crippen LogP contribution in [0.1, 0.15) is 50.3 Å². The number of hydrogen-bond acceptors (Lipinski definition) is 2. The highest BCUT2D eigenvalue weighted by atomic mass is 15.2. The van der Waals surface area contributed by atoms with Gasteiger partial charge >= 0.3 is 0 Å². The Hall–Kier alpha value is -0.860. The Bertz CT molecular complexity index is 402. The largest absolute Gasteiger partial charge is 0.324 e. The summed E-state index contributed by atoms with van der Waals surface area (Å²) in [6, 6.07) is 9.37. The first-order chi connectivity index (χ1) is 9.09. The highest BCUT2D eigenvalue weighted by Gasteiger charge is 2.24. The molecular weight excluding hydrogens is 232 g/mol. The molecule has 3 unspecified atom stereocenters. The zero-order valence-electron chi connectivity index (χ0n) is 12.6. The van der Waals surface area contributed by atoms with Crippen molar-refractivity contribution in [2.45, 2.75) is 52.1 Å². The summed E-state index contributed by atoms with van der Waals surface area (Å²) in [6.45, 7) is 9.26. The summed E-state index contributed by atoms with van der Waals surface area (Å²) in [5, 5.41) is 0. The molecule has 19 heavy (non-hydrogen) atoms. The van der Waals surface area contributed by atoms with Crippen LogP contribution in [0.3, 0.4) is 0 Å². The van der Waals surface area contributed by atoms with E-state index in [2.05, 4.69) is 49.9 Å². The highest BCUT2D eigenvalue weighted by molar-refractivity contribution is 5.28. The van der Waals surface area contributed by atoms with Crippen LogP contribution in [-0.4, -0.2) is 24.0 Å². The molecule has 1 aromatic rings. The number of rotatable bonds is 4. The molecule has 0 amide bonds. The fourth-order valence-corrected chi connectivity index (χ4v) is 3.20. The molecular formula is C17H28N2. The van der Waals surface area contributed by atoms with Crippen LogP contribution in [0.25, 0.3) is 0 Å². The van der Waals surface area contributed by atoms with E-state index in [0.29, 0.717) is 6.04 Å². The monoisotopic (exact) mass is 260 g/mol. The highest BCUT2D eigenvalue weighted by Crippen LogP contribution is 2.25. The van der Waals surface area contributed by atoms with Crippen LogP contribution in [-0.2, 0) is 0 Å². The van der Waals surface area contributed by atoms with Crippen molar-refractivity contribution < 1.29 is 0 Å². The maximum absolute atomic E-state index is 6.37. The lowest BCUT2D eigenvalue weighted by Crippen LogP contribution is -2.43. The molecule has 1 aromatic carbocycles. The van der Waals surface area contributed by atoms with Gasteiger partial charge in [0.1, 0.15) is 0 Å². The maximum atomic E-state index is 6.37. The van der Waals surface area contributed by atoms with Crippen molar-refractivity contribution in [2.75, 3.05) is 13.1 Å². The molecule has 0 aliphatic carbocycles. The number of aryl methyl sites for hydroxylation is 1. The van der Waals surface area contributed by atoms with Gasteiger partial charge in [-0.1, -0.05) is 31.2 Å². The molecule has 0 bridgehead atoms. The van der Waals surface area contributed by atoms with Gasteiger partial charge in [0.05, 0.1) is 0 Å². The molecule has 1 heterocycles. The van der Waals surface area contributed by atoms with Crippen LogP contribution in [0, 0.1) is 12.8 Å². The third-order valence-electron chi connectivity index (χ3n) is 4.82. The maximum Gasteiger partial charge on any atom is 0.0309 e. The Morgan fingerprint density at radius 3 is 2.79 bits per heavy atom. The summed E-state index contributed by atoms with van der Waals surface area (Å²) in [5.41, 5.74) is 8.99. The van der Waals surface area contributed by atoms with Gasteiger partial charge in [-0.15, -0.1) is 0 Å². The summed E-state index contributed by atoms with van der Waals surface area (Å²) in [6.07, 6.45) is 3.77. The minimum atomic E-state index is 0.172. The Kier molecular flexibility index (Phi) is 5.00. The molecule has 1 saturated heterocycles. The third kappa shape index (κ3) is 3.58. The van der Waals surface area contributed by atoms with Gasteiger partial charge in [-0.2, -0.15) is 0 Å². The molecule has 2 nitrogen and oxygen atoms in total. The van der Waals surface area contributed by atoms with Crippen molar-refractivity contribution in [3.8, 4) is 0 Å². The SMILES string of the molecule is Cc1ccccc1C(N)CCN1CCCC(C)C1C. The topological polar surface area (TPSA) is 29.3 Å². The van der Waals surface area contributed by atoms with Gasteiger partial charge in [0.2, 0.25) is 0 Å². The third-order valence-corrected chi connectivity index (χ3v) is 4.82. The van der Waals surface area contributed by atoms with Gasteiger partial charge in [-0.25, -0.2) is 0 Å². The Morgan fingerprint density at radius 2 is 2.05 bits per heavy atom. The molecule has 0 saturated carbocycles. The van der Waals surface area contributed by atoms with Gasteiger partial charge in [0.25, 0.3) is 0 Å². The molecule has 2 rings (SSSR count). The van der Waals surface area contributed by atoms with E-state index < -0.39 is 0 Å². The first kappa shape index (κ1) is 14.5. The Labute approximate surface area is 118 Å². The average molecular weight is 260 g/mol. The van der Waals surface area contributed by atoms with Crippen molar-refractivity contribution in [1.29, 1.82) is 0 Å². The van der Waals surface area contributed by atoms with Crippen LogP contribution in [0.4, 0.5) is 0 Å². The van der Waals surface area contributed by atoms with Crippen LogP contribution >= 0.6 is 0 Å². The van der Waals surface area contributed by atoms with E-state index in [0.717, 1.165) is 18.9 Å². The van der Waals surface area contributed by atoms with Gasteiger partial charge < -0.3 is 10.6 Å². The van der Waals surface area contributed by atoms with Crippen LogP contribution in [0.2, 0.25) is 0 Å². The van der Waals surface area contributed by atoms with Crippen molar-refractivity contribution in [3.05, 3.63) is 35.4 Å². The second-order valence-electron chi connectivity index (χ2n) is 6.15. The number of nitrogens with two attached hydrogens (primary N) is 1. The van der Waals surface area contributed by atoms with Crippen molar-refractivity contribution in [3.63, 3.8) is 0 Å². The number of nitrogens with zero attached hydrogens (tertiary/aromatic N) is 1. The van der Waals surface area contributed by atoms with Crippen LogP contribution in [0.15, 0.2) is 24.3 Å². The van der Waals surface area contributed by atoms with Gasteiger partial charge in [-0.3, -0.25) is 0 Å². The van der Waals surface area contributed by atoms with Crippen LogP contribution in [0.5, 0.6) is 0 Å². The van der Waals surface area contributed by atoms with E-state index in [1.54, 1.807) is 0 Å². The van der Waals surface area contributed by atoms with E-state index in [4.69, 9.17) is 5.73 Å². The lowest BCUT2D eigenvalue weighted by molar-refractivity contribution is 0.110. The minimum absolute atomic E-state index is 0.172.